The first-order chi connectivity index (χ1) is 7.72. The van der Waals surface area contributed by atoms with Crippen molar-refractivity contribution in [2.24, 2.45) is 16.7 Å². The van der Waals surface area contributed by atoms with E-state index in [-0.39, 0.29) is 22.6 Å². The van der Waals surface area contributed by atoms with Gasteiger partial charge in [0, 0.05) is 5.41 Å². The summed E-state index contributed by atoms with van der Waals surface area (Å²) in [4.78, 5) is 11.4. The number of fused-ring (bicyclic) bond motifs is 1. The highest BCUT2D eigenvalue weighted by atomic mass is 35.5. The third-order valence-corrected chi connectivity index (χ3v) is 7.77. The number of carbonyl (C=O) groups is 1. The van der Waals surface area contributed by atoms with Crippen molar-refractivity contribution in [1.82, 2.24) is 4.31 Å². The Bertz CT molecular complexity index is 501. The summed E-state index contributed by atoms with van der Waals surface area (Å²) in [6.45, 7) is 4.28. The van der Waals surface area contributed by atoms with Crippen LogP contribution in [0, 0.1) is 16.7 Å². The van der Waals surface area contributed by atoms with Gasteiger partial charge < -0.3 is 0 Å². The van der Waals surface area contributed by atoms with E-state index in [1.54, 1.807) is 0 Å². The summed E-state index contributed by atoms with van der Waals surface area (Å²) in [5.74, 6) is 0.605. The zero-order valence-electron chi connectivity index (χ0n) is 9.94. The molecule has 1 amide bonds. The second kappa shape index (κ2) is 2.99. The predicted molar refractivity (Wildman–Crippen MR) is 64.2 cm³/mol. The van der Waals surface area contributed by atoms with Crippen molar-refractivity contribution < 1.29 is 13.2 Å². The number of amides is 1. The van der Waals surface area contributed by atoms with Gasteiger partial charge in [-0.25, -0.2) is 12.7 Å². The first-order valence-electron chi connectivity index (χ1n) is 5.94. The van der Waals surface area contributed by atoms with Crippen LogP contribution in [0.25, 0.3) is 0 Å². The maximum absolute atomic E-state index is 12.1. The minimum Gasteiger partial charge on any atom is -0.254 e. The highest BCUT2D eigenvalue weighted by Gasteiger charge is 2.72. The molecule has 17 heavy (non-hydrogen) atoms. The van der Waals surface area contributed by atoms with E-state index in [0.717, 1.165) is 23.6 Å². The standard InChI is InChI=1S/C11H16ClNO3S/c1-10(2)7-3-4-11(10)6-17(15,16)13(9(12)14)8(11)5-7/h7-8H,3-6H2,1-2H3/t7-,8-,11-/m0/s1. The summed E-state index contributed by atoms with van der Waals surface area (Å²) in [5.41, 5.74) is -0.271. The fourth-order valence-electron chi connectivity index (χ4n) is 4.52. The lowest BCUT2D eigenvalue weighted by Crippen LogP contribution is -2.42. The molecule has 3 rings (SSSR count). The second-order valence-electron chi connectivity index (χ2n) is 6.17. The van der Waals surface area contributed by atoms with Gasteiger partial charge in [0.25, 0.3) is 0 Å². The normalized spacial score (nSPS) is 45.0. The summed E-state index contributed by atoms with van der Waals surface area (Å²) in [5, 5.41) is -0.838. The van der Waals surface area contributed by atoms with E-state index in [2.05, 4.69) is 13.8 Å². The second-order valence-corrected chi connectivity index (χ2v) is 8.34. The molecule has 2 bridgehead atoms. The van der Waals surface area contributed by atoms with E-state index >= 15 is 0 Å². The van der Waals surface area contributed by atoms with E-state index in [1.807, 2.05) is 0 Å². The summed E-state index contributed by atoms with van der Waals surface area (Å²) < 4.78 is 25.2. The zero-order chi connectivity index (χ0) is 12.6. The number of nitrogens with zero attached hydrogens (tertiary/aromatic N) is 1. The number of halogens is 1. The van der Waals surface area contributed by atoms with Crippen molar-refractivity contribution in [3.05, 3.63) is 0 Å². The van der Waals surface area contributed by atoms with Crippen molar-refractivity contribution in [1.29, 1.82) is 0 Å². The summed E-state index contributed by atoms with van der Waals surface area (Å²) >= 11 is 5.47. The molecule has 0 unspecified atom stereocenters. The SMILES string of the molecule is CC1(C)[C@H]2CC[C@@]13CS(=O)(=O)N(C(=O)Cl)[C@H]3C2. The molecular formula is C11H16ClNO3S. The predicted octanol–water partition coefficient (Wildman–Crippen LogP) is 2.19. The molecule has 0 N–H and O–H groups in total. The molecule has 3 fully saturated rings. The van der Waals surface area contributed by atoms with Crippen LogP contribution in [0.15, 0.2) is 0 Å². The third-order valence-electron chi connectivity index (χ3n) is 5.58. The van der Waals surface area contributed by atoms with Gasteiger partial charge in [0.05, 0.1) is 11.8 Å². The Balaban J connectivity index is 2.15. The summed E-state index contributed by atoms with van der Waals surface area (Å²) in [6, 6.07) is -0.203. The van der Waals surface area contributed by atoms with Crippen LogP contribution in [0.1, 0.15) is 33.1 Å². The quantitative estimate of drug-likeness (QED) is 0.504. The highest BCUT2D eigenvalue weighted by molar-refractivity contribution is 7.90. The number of hydrogen-bond donors (Lipinski definition) is 0. The average molecular weight is 278 g/mol. The topological polar surface area (TPSA) is 54.5 Å². The lowest BCUT2D eigenvalue weighted by molar-refractivity contribution is 0.123. The monoisotopic (exact) mass is 277 g/mol. The molecule has 96 valence electrons. The van der Waals surface area contributed by atoms with Gasteiger partial charge >= 0.3 is 5.37 Å². The average Bonchev–Trinajstić information content (AvgIpc) is 2.62. The number of carbonyl (C=O) groups excluding carboxylic acids is 1. The molecule has 2 aliphatic carbocycles. The van der Waals surface area contributed by atoms with E-state index in [9.17, 15) is 13.2 Å². The van der Waals surface area contributed by atoms with Crippen molar-refractivity contribution in [2.75, 3.05) is 5.75 Å². The van der Waals surface area contributed by atoms with Gasteiger partial charge in [0.2, 0.25) is 10.0 Å². The van der Waals surface area contributed by atoms with Gasteiger partial charge in [0.1, 0.15) is 0 Å². The number of sulfonamides is 1. The van der Waals surface area contributed by atoms with Crippen LogP contribution in [0.2, 0.25) is 0 Å². The first kappa shape index (κ1) is 11.8. The smallest absolute Gasteiger partial charge is 0.254 e. The van der Waals surface area contributed by atoms with Crippen LogP contribution in [-0.2, 0) is 10.0 Å². The van der Waals surface area contributed by atoms with Gasteiger partial charge in [-0.2, -0.15) is 0 Å². The molecule has 0 aromatic heterocycles. The van der Waals surface area contributed by atoms with Crippen LogP contribution in [0.4, 0.5) is 4.79 Å². The van der Waals surface area contributed by atoms with Gasteiger partial charge in [0.15, 0.2) is 0 Å². The highest BCUT2D eigenvalue weighted by Crippen LogP contribution is 2.70. The molecule has 1 saturated heterocycles. The summed E-state index contributed by atoms with van der Waals surface area (Å²) in [7, 11) is -3.51. The fourth-order valence-corrected chi connectivity index (χ4v) is 7.35. The van der Waals surface area contributed by atoms with Crippen molar-refractivity contribution in [3.8, 4) is 0 Å². The molecular weight excluding hydrogens is 262 g/mol. The Morgan fingerprint density at radius 2 is 2.06 bits per heavy atom. The minimum absolute atomic E-state index is 0.00811. The Kier molecular flexibility index (Phi) is 2.07. The Hall–Kier alpha value is -0.290. The van der Waals surface area contributed by atoms with Gasteiger partial charge in [-0.3, -0.25) is 4.79 Å². The molecule has 1 aliphatic heterocycles. The van der Waals surface area contributed by atoms with E-state index in [0.29, 0.717) is 5.92 Å². The van der Waals surface area contributed by atoms with E-state index in [4.69, 9.17) is 11.6 Å². The molecule has 1 spiro atoms. The van der Waals surface area contributed by atoms with Crippen LogP contribution < -0.4 is 0 Å². The van der Waals surface area contributed by atoms with Crippen molar-refractivity contribution in [3.63, 3.8) is 0 Å². The Labute approximate surface area is 106 Å². The molecule has 3 atom stereocenters. The fraction of sp³-hybridized carbons (Fsp3) is 0.909. The van der Waals surface area contributed by atoms with Gasteiger partial charge in [-0.1, -0.05) is 13.8 Å². The van der Waals surface area contributed by atoms with Crippen LogP contribution in [-0.4, -0.2) is 29.9 Å². The zero-order valence-corrected chi connectivity index (χ0v) is 11.5. The Morgan fingerprint density at radius 1 is 1.41 bits per heavy atom. The number of rotatable bonds is 0. The van der Waals surface area contributed by atoms with Gasteiger partial charge in [-0.15, -0.1) is 0 Å². The van der Waals surface area contributed by atoms with Gasteiger partial charge in [-0.05, 0) is 42.2 Å². The van der Waals surface area contributed by atoms with E-state index in [1.165, 1.54) is 0 Å². The van der Waals surface area contributed by atoms with E-state index < -0.39 is 15.4 Å². The molecule has 3 aliphatic rings. The maximum Gasteiger partial charge on any atom is 0.330 e. The molecule has 6 heteroatoms. The number of hydrogen-bond acceptors (Lipinski definition) is 3. The molecule has 0 radical (unpaired) electrons. The van der Waals surface area contributed by atoms with Crippen LogP contribution in [0.5, 0.6) is 0 Å². The Morgan fingerprint density at radius 3 is 2.59 bits per heavy atom. The van der Waals surface area contributed by atoms with Crippen LogP contribution in [0.3, 0.4) is 0 Å². The third kappa shape index (κ3) is 1.15. The lowest BCUT2D eigenvalue weighted by Gasteiger charge is -2.36. The van der Waals surface area contributed by atoms with Crippen molar-refractivity contribution >= 4 is 27.0 Å². The molecule has 2 saturated carbocycles. The van der Waals surface area contributed by atoms with Crippen LogP contribution >= 0.6 is 11.6 Å². The molecule has 0 aromatic carbocycles. The molecule has 1 heterocycles. The van der Waals surface area contributed by atoms with Crippen molar-refractivity contribution in [2.45, 2.75) is 39.2 Å². The largest absolute Gasteiger partial charge is 0.330 e. The molecule has 0 aromatic rings. The summed E-state index contributed by atoms with van der Waals surface area (Å²) in [6.07, 6.45) is 2.75. The minimum atomic E-state index is -3.51. The molecule has 4 nitrogen and oxygen atoms in total. The first-order valence-corrected chi connectivity index (χ1v) is 7.93. The maximum atomic E-state index is 12.1. The lowest BCUT2D eigenvalue weighted by atomic mass is 9.69.